The van der Waals surface area contributed by atoms with Gasteiger partial charge in [-0.15, -0.1) is 6.42 Å². The van der Waals surface area contributed by atoms with Gasteiger partial charge < -0.3 is 9.84 Å². The fourth-order valence-electron chi connectivity index (χ4n) is 0.663. The normalized spacial score (nSPS) is 9.36. The van der Waals surface area contributed by atoms with Crippen LogP contribution in [0.3, 0.4) is 0 Å². The highest BCUT2D eigenvalue weighted by atomic mass is 16.5. The highest BCUT2D eigenvalue weighted by Crippen LogP contribution is 1.87. The molecular weight excluding hydrogens is 142 g/mol. The van der Waals surface area contributed by atoms with Crippen LogP contribution in [0, 0.1) is 12.3 Å². The Labute approximate surface area is 65.0 Å². The standard InChI is InChI=1S/C7H9N3O/c1-2-4-8-5-3-7-9-6-11-10-7/h1,6,8H,3-5H2. The summed E-state index contributed by atoms with van der Waals surface area (Å²) in [5.41, 5.74) is 0. The van der Waals surface area contributed by atoms with E-state index in [4.69, 9.17) is 6.42 Å². The number of hydrogen-bond acceptors (Lipinski definition) is 4. The van der Waals surface area contributed by atoms with Crippen LogP contribution in [-0.4, -0.2) is 23.2 Å². The van der Waals surface area contributed by atoms with E-state index in [9.17, 15) is 0 Å². The van der Waals surface area contributed by atoms with Gasteiger partial charge >= 0.3 is 0 Å². The van der Waals surface area contributed by atoms with Crippen molar-refractivity contribution < 1.29 is 4.52 Å². The first-order chi connectivity index (χ1) is 5.43. The van der Waals surface area contributed by atoms with Crippen molar-refractivity contribution in [2.24, 2.45) is 0 Å². The summed E-state index contributed by atoms with van der Waals surface area (Å²) < 4.78 is 4.54. The van der Waals surface area contributed by atoms with E-state index in [1.165, 1.54) is 6.39 Å². The van der Waals surface area contributed by atoms with Gasteiger partial charge in [-0.05, 0) is 0 Å². The molecule has 0 aliphatic rings. The molecule has 11 heavy (non-hydrogen) atoms. The van der Waals surface area contributed by atoms with Crippen LogP contribution in [0.25, 0.3) is 0 Å². The maximum atomic E-state index is 5.03. The molecule has 0 aliphatic carbocycles. The van der Waals surface area contributed by atoms with Gasteiger partial charge in [-0.25, -0.2) is 0 Å². The van der Waals surface area contributed by atoms with Crippen molar-refractivity contribution in [3.8, 4) is 12.3 Å². The molecule has 0 radical (unpaired) electrons. The van der Waals surface area contributed by atoms with Gasteiger partial charge in [0, 0.05) is 13.0 Å². The van der Waals surface area contributed by atoms with Crippen molar-refractivity contribution >= 4 is 0 Å². The van der Waals surface area contributed by atoms with Crippen LogP contribution in [0.5, 0.6) is 0 Å². The van der Waals surface area contributed by atoms with Crippen LogP contribution >= 0.6 is 0 Å². The van der Waals surface area contributed by atoms with E-state index in [0.29, 0.717) is 12.4 Å². The summed E-state index contributed by atoms with van der Waals surface area (Å²) in [5.74, 6) is 3.18. The molecule has 0 saturated heterocycles. The van der Waals surface area contributed by atoms with E-state index in [1.54, 1.807) is 0 Å². The van der Waals surface area contributed by atoms with Gasteiger partial charge in [0.1, 0.15) is 0 Å². The Bertz CT molecular complexity index is 224. The van der Waals surface area contributed by atoms with Crippen LogP contribution in [0.1, 0.15) is 5.82 Å². The molecule has 0 unspecified atom stereocenters. The zero-order valence-corrected chi connectivity index (χ0v) is 6.08. The molecule has 4 heteroatoms. The fraction of sp³-hybridized carbons (Fsp3) is 0.429. The molecule has 1 rings (SSSR count). The summed E-state index contributed by atoms with van der Waals surface area (Å²) in [4.78, 5) is 3.84. The average Bonchev–Trinajstić information content (AvgIpc) is 2.50. The lowest BCUT2D eigenvalue weighted by molar-refractivity contribution is 0.409. The Hall–Kier alpha value is -1.34. The molecule has 0 atom stereocenters. The molecule has 0 aromatic carbocycles. The third-order valence-electron chi connectivity index (χ3n) is 1.16. The van der Waals surface area contributed by atoms with Crippen molar-refractivity contribution in [1.29, 1.82) is 0 Å². The van der Waals surface area contributed by atoms with Crippen LogP contribution in [0.2, 0.25) is 0 Å². The van der Waals surface area contributed by atoms with E-state index in [-0.39, 0.29) is 0 Å². The van der Waals surface area contributed by atoms with Gasteiger partial charge in [0.2, 0.25) is 6.39 Å². The second-order valence-corrected chi connectivity index (χ2v) is 1.98. The SMILES string of the molecule is C#CCNCCc1ncon1. The smallest absolute Gasteiger partial charge is 0.213 e. The molecule has 0 saturated carbocycles. The maximum absolute atomic E-state index is 5.03. The van der Waals surface area contributed by atoms with Crippen LogP contribution < -0.4 is 5.32 Å². The molecule has 0 spiro atoms. The first kappa shape index (κ1) is 7.76. The molecule has 1 aromatic heterocycles. The molecule has 1 N–H and O–H groups in total. The van der Waals surface area contributed by atoms with Gasteiger partial charge in [-0.2, -0.15) is 4.98 Å². The summed E-state index contributed by atoms with van der Waals surface area (Å²) in [6.07, 6.45) is 7.09. The minimum absolute atomic E-state index is 0.581. The van der Waals surface area contributed by atoms with Gasteiger partial charge in [-0.3, -0.25) is 0 Å². The van der Waals surface area contributed by atoms with Crippen molar-refractivity contribution in [3.05, 3.63) is 12.2 Å². The van der Waals surface area contributed by atoms with Crippen molar-refractivity contribution in [1.82, 2.24) is 15.5 Å². The van der Waals surface area contributed by atoms with E-state index in [0.717, 1.165) is 13.0 Å². The van der Waals surface area contributed by atoms with E-state index in [1.807, 2.05) is 0 Å². The zero-order chi connectivity index (χ0) is 7.94. The summed E-state index contributed by atoms with van der Waals surface area (Å²) in [6, 6.07) is 0. The summed E-state index contributed by atoms with van der Waals surface area (Å²) >= 11 is 0. The number of nitrogens with one attached hydrogen (secondary N) is 1. The first-order valence-electron chi connectivity index (χ1n) is 3.33. The molecular formula is C7H9N3O. The molecule has 4 nitrogen and oxygen atoms in total. The summed E-state index contributed by atoms with van der Waals surface area (Å²) in [6.45, 7) is 1.36. The monoisotopic (exact) mass is 151 g/mol. The molecule has 0 bridgehead atoms. The number of hydrogen-bond donors (Lipinski definition) is 1. The second-order valence-electron chi connectivity index (χ2n) is 1.98. The fourth-order valence-corrected chi connectivity index (χ4v) is 0.663. The van der Waals surface area contributed by atoms with Crippen LogP contribution in [0.15, 0.2) is 10.9 Å². The minimum Gasteiger partial charge on any atom is -0.343 e. The van der Waals surface area contributed by atoms with Gasteiger partial charge in [0.25, 0.3) is 0 Å². The van der Waals surface area contributed by atoms with Gasteiger partial charge in [0.15, 0.2) is 5.82 Å². The predicted octanol–water partition coefficient (Wildman–Crippen LogP) is -0.165. The van der Waals surface area contributed by atoms with Crippen molar-refractivity contribution in [3.63, 3.8) is 0 Å². The Kier molecular flexibility index (Phi) is 3.16. The largest absolute Gasteiger partial charge is 0.343 e. The molecule has 0 amide bonds. The van der Waals surface area contributed by atoms with Crippen molar-refractivity contribution in [2.45, 2.75) is 6.42 Å². The van der Waals surface area contributed by atoms with E-state index >= 15 is 0 Å². The summed E-state index contributed by atoms with van der Waals surface area (Å²) in [7, 11) is 0. The lowest BCUT2D eigenvalue weighted by Gasteiger charge is -1.94. The second kappa shape index (κ2) is 4.47. The van der Waals surface area contributed by atoms with Crippen LogP contribution in [0.4, 0.5) is 0 Å². The molecule has 0 fully saturated rings. The first-order valence-corrected chi connectivity index (χ1v) is 3.33. The molecule has 1 heterocycles. The Balaban J connectivity index is 2.10. The minimum atomic E-state index is 0.581. The Morgan fingerprint density at radius 1 is 1.73 bits per heavy atom. The topological polar surface area (TPSA) is 51.0 Å². The van der Waals surface area contributed by atoms with Gasteiger partial charge in [-0.1, -0.05) is 11.1 Å². The predicted molar refractivity (Wildman–Crippen MR) is 39.7 cm³/mol. The third-order valence-corrected chi connectivity index (χ3v) is 1.16. The lowest BCUT2D eigenvalue weighted by Crippen LogP contribution is -2.17. The number of rotatable bonds is 4. The third kappa shape index (κ3) is 2.83. The number of aromatic nitrogens is 2. The van der Waals surface area contributed by atoms with Crippen molar-refractivity contribution in [2.75, 3.05) is 13.1 Å². The molecule has 58 valence electrons. The van der Waals surface area contributed by atoms with E-state index < -0.39 is 0 Å². The maximum Gasteiger partial charge on any atom is 0.213 e. The Morgan fingerprint density at radius 2 is 2.64 bits per heavy atom. The van der Waals surface area contributed by atoms with Gasteiger partial charge in [0.05, 0.1) is 6.54 Å². The quantitative estimate of drug-likeness (QED) is 0.479. The number of terminal acetylenes is 1. The zero-order valence-electron chi connectivity index (χ0n) is 6.08. The summed E-state index contributed by atoms with van der Waals surface area (Å²) in [5, 5.41) is 6.65. The Morgan fingerprint density at radius 3 is 3.27 bits per heavy atom. The van der Waals surface area contributed by atoms with Crippen LogP contribution in [-0.2, 0) is 6.42 Å². The molecule has 0 aliphatic heterocycles. The average molecular weight is 151 g/mol. The van der Waals surface area contributed by atoms with E-state index in [2.05, 4.69) is 25.9 Å². The highest BCUT2D eigenvalue weighted by molar-refractivity contribution is 4.87. The number of nitrogens with zero attached hydrogens (tertiary/aromatic N) is 2. The molecule has 1 aromatic rings. The lowest BCUT2D eigenvalue weighted by atomic mass is 10.4. The highest BCUT2D eigenvalue weighted by Gasteiger charge is 1.95.